The van der Waals surface area contributed by atoms with E-state index >= 15 is 0 Å². The Balaban J connectivity index is 3.06. The third-order valence-corrected chi connectivity index (χ3v) is 7.02. The van der Waals surface area contributed by atoms with E-state index in [1.807, 2.05) is 0 Å². The van der Waals surface area contributed by atoms with Gasteiger partial charge in [-0.2, -0.15) is 0 Å². The van der Waals surface area contributed by atoms with E-state index < -0.39 is 0 Å². The van der Waals surface area contributed by atoms with Crippen molar-refractivity contribution in [3.63, 3.8) is 0 Å². The van der Waals surface area contributed by atoms with Crippen molar-refractivity contribution in [2.75, 3.05) is 6.61 Å². The molecule has 1 N–H and O–H groups in total. The third kappa shape index (κ3) is 8.16. The number of esters is 1. The Kier molecular flexibility index (Phi) is 10.1. The SMILES string of the molecule is CCCCCC(C)(C)c1cc(CCC(=O)OCC(C)(CC)CC)cc(C(C)(C)C)c1O. The summed E-state index contributed by atoms with van der Waals surface area (Å²) in [6.07, 6.45) is 7.58. The van der Waals surface area contributed by atoms with Crippen molar-refractivity contribution in [1.82, 2.24) is 0 Å². The highest BCUT2D eigenvalue weighted by Crippen LogP contribution is 2.42. The summed E-state index contributed by atoms with van der Waals surface area (Å²) in [5, 5.41) is 11.2. The molecule has 0 bridgehead atoms. The quantitative estimate of drug-likeness (QED) is 0.270. The topological polar surface area (TPSA) is 46.5 Å². The van der Waals surface area contributed by atoms with Gasteiger partial charge < -0.3 is 9.84 Å². The number of benzene rings is 1. The molecular weight excluding hydrogens is 384 g/mol. The van der Waals surface area contributed by atoms with Gasteiger partial charge in [0.05, 0.1) is 6.61 Å². The van der Waals surface area contributed by atoms with E-state index in [4.69, 9.17) is 4.74 Å². The number of hydrogen-bond donors (Lipinski definition) is 1. The molecule has 3 nitrogen and oxygen atoms in total. The van der Waals surface area contributed by atoms with Crippen LogP contribution in [0.15, 0.2) is 12.1 Å². The number of aromatic hydroxyl groups is 1. The minimum absolute atomic E-state index is 0.0588. The molecule has 0 aliphatic rings. The maximum absolute atomic E-state index is 12.4. The molecule has 0 heterocycles. The van der Waals surface area contributed by atoms with E-state index in [0.29, 0.717) is 25.2 Å². The Morgan fingerprint density at radius 3 is 2.03 bits per heavy atom. The first-order chi connectivity index (χ1) is 14.3. The lowest BCUT2D eigenvalue weighted by Gasteiger charge is -2.31. The number of carbonyl (C=O) groups excluding carboxylic acids is 1. The molecule has 0 spiro atoms. The fourth-order valence-electron chi connectivity index (χ4n) is 3.91. The average molecular weight is 433 g/mol. The molecule has 0 unspecified atom stereocenters. The molecular formula is C28H48O3. The van der Waals surface area contributed by atoms with Gasteiger partial charge >= 0.3 is 5.97 Å². The number of aryl methyl sites for hydroxylation is 1. The van der Waals surface area contributed by atoms with Gasteiger partial charge in [0, 0.05) is 17.4 Å². The fourth-order valence-corrected chi connectivity index (χ4v) is 3.91. The number of phenolic OH excluding ortho intramolecular Hbond substituents is 1. The molecule has 0 aromatic heterocycles. The number of carbonyl (C=O) groups is 1. The molecule has 0 radical (unpaired) electrons. The number of hydrogen-bond acceptors (Lipinski definition) is 3. The summed E-state index contributed by atoms with van der Waals surface area (Å²) < 4.78 is 5.61. The summed E-state index contributed by atoms with van der Waals surface area (Å²) >= 11 is 0. The number of phenols is 1. The second kappa shape index (κ2) is 11.4. The zero-order chi connectivity index (χ0) is 23.9. The maximum atomic E-state index is 12.4. The molecule has 0 saturated heterocycles. The molecule has 0 amide bonds. The van der Waals surface area contributed by atoms with Crippen molar-refractivity contribution in [3.8, 4) is 5.75 Å². The monoisotopic (exact) mass is 432 g/mol. The van der Waals surface area contributed by atoms with Gasteiger partial charge in [0.2, 0.25) is 0 Å². The highest BCUT2D eigenvalue weighted by atomic mass is 16.5. The highest BCUT2D eigenvalue weighted by molar-refractivity contribution is 5.69. The lowest BCUT2D eigenvalue weighted by Crippen LogP contribution is -2.24. The lowest BCUT2D eigenvalue weighted by atomic mass is 9.75. The van der Waals surface area contributed by atoms with Crippen molar-refractivity contribution < 1.29 is 14.6 Å². The zero-order valence-electron chi connectivity index (χ0n) is 21.8. The molecule has 1 aromatic rings. The first kappa shape index (κ1) is 27.5. The van der Waals surface area contributed by atoms with E-state index in [2.05, 4.69) is 74.4 Å². The molecule has 0 aliphatic heterocycles. The van der Waals surface area contributed by atoms with Gasteiger partial charge in [0.15, 0.2) is 0 Å². The number of unbranched alkanes of at least 4 members (excludes halogenated alkanes) is 2. The minimum atomic E-state index is -0.168. The molecule has 0 saturated carbocycles. The molecule has 0 aliphatic carbocycles. The normalized spacial score (nSPS) is 12.8. The Hall–Kier alpha value is -1.51. The molecule has 3 heteroatoms. The van der Waals surface area contributed by atoms with E-state index in [0.717, 1.165) is 42.4 Å². The standard InChI is InChI=1S/C28H48O3/c1-10-13-14-17-27(7,8)23-19-21(18-22(25(23)30)26(4,5)6)15-16-24(29)31-20-28(9,11-2)12-3/h18-19,30H,10-17,20H2,1-9H3. The van der Waals surface area contributed by atoms with Gasteiger partial charge in [-0.3, -0.25) is 4.79 Å². The lowest BCUT2D eigenvalue weighted by molar-refractivity contribution is -0.147. The van der Waals surface area contributed by atoms with Crippen molar-refractivity contribution in [1.29, 1.82) is 0 Å². The Morgan fingerprint density at radius 1 is 0.935 bits per heavy atom. The van der Waals surface area contributed by atoms with Gasteiger partial charge in [-0.1, -0.05) is 93.7 Å². The first-order valence-corrected chi connectivity index (χ1v) is 12.3. The number of rotatable bonds is 12. The van der Waals surface area contributed by atoms with Crippen LogP contribution >= 0.6 is 0 Å². The van der Waals surface area contributed by atoms with E-state index in [1.165, 1.54) is 12.8 Å². The van der Waals surface area contributed by atoms with Gasteiger partial charge in [0.25, 0.3) is 0 Å². The summed E-state index contributed by atoms with van der Waals surface area (Å²) in [7, 11) is 0. The summed E-state index contributed by atoms with van der Waals surface area (Å²) in [5.74, 6) is 0.282. The smallest absolute Gasteiger partial charge is 0.306 e. The van der Waals surface area contributed by atoms with Gasteiger partial charge in [0.1, 0.15) is 5.75 Å². The predicted octanol–water partition coefficient (Wildman–Crippen LogP) is 7.85. The zero-order valence-corrected chi connectivity index (χ0v) is 21.8. The average Bonchev–Trinajstić information content (AvgIpc) is 2.70. The summed E-state index contributed by atoms with van der Waals surface area (Å²) in [4.78, 5) is 12.4. The van der Waals surface area contributed by atoms with Crippen LogP contribution in [0.5, 0.6) is 5.75 Å². The fraction of sp³-hybridized carbons (Fsp3) is 0.750. The van der Waals surface area contributed by atoms with Crippen molar-refractivity contribution in [3.05, 3.63) is 28.8 Å². The molecule has 1 rings (SSSR count). The summed E-state index contributed by atoms with van der Waals surface area (Å²) in [5.41, 5.74) is 2.85. The van der Waals surface area contributed by atoms with E-state index in [9.17, 15) is 9.90 Å². The molecule has 178 valence electrons. The van der Waals surface area contributed by atoms with Crippen LogP contribution in [0.25, 0.3) is 0 Å². The Morgan fingerprint density at radius 2 is 1.52 bits per heavy atom. The van der Waals surface area contributed by atoms with Crippen LogP contribution in [0.4, 0.5) is 0 Å². The predicted molar refractivity (Wildman–Crippen MR) is 132 cm³/mol. The summed E-state index contributed by atoms with van der Waals surface area (Å²) in [6.45, 7) is 20.0. The van der Waals surface area contributed by atoms with Crippen LogP contribution in [0.1, 0.15) is 124 Å². The molecule has 1 aromatic carbocycles. The minimum Gasteiger partial charge on any atom is -0.507 e. The van der Waals surface area contributed by atoms with Crippen LogP contribution in [0, 0.1) is 5.41 Å². The van der Waals surface area contributed by atoms with Crippen molar-refractivity contribution in [2.24, 2.45) is 5.41 Å². The first-order valence-electron chi connectivity index (χ1n) is 12.3. The van der Waals surface area contributed by atoms with Crippen LogP contribution < -0.4 is 0 Å². The van der Waals surface area contributed by atoms with Crippen LogP contribution in [-0.2, 0) is 26.8 Å². The molecule has 0 fully saturated rings. The summed E-state index contributed by atoms with van der Waals surface area (Å²) in [6, 6.07) is 4.20. The second-order valence-corrected chi connectivity index (χ2v) is 11.3. The Bertz CT molecular complexity index is 706. The second-order valence-electron chi connectivity index (χ2n) is 11.3. The van der Waals surface area contributed by atoms with Crippen LogP contribution in [0.2, 0.25) is 0 Å². The Labute approximate surface area is 192 Å². The van der Waals surface area contributed by atoms with Crippen LogP contribution in [-0.4, -0.2) is 17.7 Å². The largest absolute Gasteiger partial charge is 0.507 e. The van der Waals surface area contributed by atoms with E-state index in [-0.39, 0.29) is 22.2 Å². The number of ether oxygens (including phenoxy) is 1. The van der Waals surface area contributed by atoms with Gasteiger partial charge in [-0.15, -0.1) is 0 Å². The highest BCUT2D eigenvalue weighted by Gasteiger charge is 2.29. The molecule has 31 heavy (non-hydrogen) atoms. The maximum Gasteiger partial charge on any atom is 0.306 e. The molecule has 0 atom stereocenters. The van der Waals surface area contributed by atoms with Gasteiger partial charge in [-0.05, 0) is 47.6 Å². The van der Waals surface area contributed by atoms with Crippen molar-refractivity contribution >= 4 is 5.97 Å². The van der Waals surface area contributed by atoms with Crippen molar-refractivity contribution in [2.45, 2.75) is 125 Å². The van der Waals surface area contributed by atoms with Crippen LogP contribution in [0.3, 0.4) is 0 Å². The van der Waals surface area contributed by atoms with Gasteiger partial charge in [-0.25, -0.2) is 0 Å². The third-order valence-electron chi connectivity index (χ3n) is 7.02. The van der Waals surface area contributed by atoms with E-state index in [1.54, 1.807) is 0 Å².